The molecule has 77 heavy (non-hydrogen) atoms. The molecule has 1 fully saturated rings. The minimum atomic E-state index is -0.186. The summed E-state index contributed by atoms with van der Waals surface area (Å²) in [7, 11) is 0. The van der Waals surface area contributed by atoms with Gasteiger partial charge < -0.3 is 19.1 Å². The standard InChI is InChI=1S/C72H76BN3O/c1-67(2,3)46-25-22-26-50(39-46)74-60-42-49(70(10,11)12)29-33-56(60)73-64-61(74)43-51(76-58-35-31-48(69(7,8)9)41-55(58)71(13)37-20-21-38-72(71,76)14)44-62(64)75(59-36-32-53-52-27-18-19-28-63(52)77-66(53)65(59)73)57-34-30-47(68(4,5)6)40-54(57)45-23-16-15-17-24-45/h15-19,22-36,39-44H,20-21,37-38H2,1-14H3. The van der Waals surface area contributed by atoms with Crippen LogP contribution in [0.4, 0.5) is 45.5 Å². The SMILES string of the molecule is CC(C)(C)c1cccc(N2c3cc(C(C)(C)C)ccc3B3c4c2cc(N2c5ccc(C(C)(C)C)cc5C5(C)CCCCC25C)cc4N(c2ccc(C(C)(C)C)cc2-c2ccccc2)c2ccc4c(oc5ccccc54)c23)c1. The lowest BCUT2D eigenvalue weighted by Crippen LogP contribution is -2.62. The molecule has 1 aromatic heterocycles. The molecule has 0 bridgehead atoms. The van der Waals surface area contributed by atoms with Gasteiger partial charge in [-0.25, -0.2) is 0 Å². The summed E-state index contributed by atoms with van der Waals surface area (Å²) in [5.74, 6) is 0. The molecule has 9 aromatic rings. The predicted octanol–water partition coefficient (Wildman–Crippen LogP) is 18.3. The van der Waals surface area contributed by atoms with Gasteiger partial charge in [0.05, 0.1) is 11.2 Å². The molecule has 0 radical (unpaired) electrons. The molecule has 1 aliphatic carbocycles. The van der Waals surface area contributed by atoms with Crippen molar-refractivity contribution in [1.82, 2.24) is 0 Å². The van der Waals surface area contributed by atoms with Crippen molar-refractivity contribution in [2.45, 2.75) is 155 Å². The van der Waals surface area contributed by atoms with Crippen LogP contribution in [-0.4, -0.2) is 12.3 Å². The van der Waals surface area contributed by atoms with Gasteiger partial charge >= 0.3 is 0 Å². The molecule has 3 aliphatic heterocycles. The van der Waals surface area contributed by atoms with E-state index in [0.29, 0.717) is 0 Å². The van der Waals surface area contributed by atoms with Gasteiger partial charge in [0.1, 0.15) is 11.2 Å². The fraction of sp³-hybridized carbons (Fsp3) is 0.333. The topological polar surface area (TPSA) is 22.9 Å². The Morgan fingerprint density at radius 1 is 0.442 bits per heavy atom. The Labute approximate surface area is 459 Å². The second kappa shape index (κ2) is 16.8. The van der Waals surface area contributed by atoms with E-state index < -0.39 is 0 Å². The zero-order chi connectivity index (χ0) is 53.9. The number of rotatable bonds is 4. The first kappa shape index (κ1) is 49.6. The summed E-state index contributed by atoms with van der Waals surface area (Å²) in [6.07, 6.45) is 4.69. The van der Waals surface area contributed by atoms with Crippen molar-refractivity contribution in [3.63, 3.8) is 0 Å². The van der Waals surface area contributed by atoms with Crippen molar-refractivity contribution >= 4 is 90.5 Å². The summed E-state index contributed by atoms with van der Waals surface area (Å²) >= 11 is 0. The Hall–Kier alpha value is -6.98. The maximum atomic E-state index is 7.30. The molecule has 5 heteroatoms. The largest absolute Gasteiger partial charge is 0.457 e. The molecule has 4 aliphatic rings. The highest BCUT2D eigenvalue weighted by molar-refractivity contribution is 7.01. The highest BCUT2D eigenvalue weighted by Gasteiger charge is 2.58. The Balaban J connectivity index is 1.21. The smallest absolute Gasteiger partial charge is 0.257 e. The van der Waals surface area contributed by atoms with Crippen molar-refractivity contribution in [3.05, 3.63) is 186 Å². The first-order valence-corrected chi connectivity index (χ1v) is 28.6. The molecule has 0 spiro atoms. The molecule has 4 heterocycles. The van der Waals surface area contributed by atoms with Gasteiger partial charge in [0.15, 0.2) is 0 Å². The fourth-order valence-electron chi connectivity index (χ4n) is 14.1. The summed E-state index contributed by atoms with van der Waals surface area (Å²) < 4.78 is 7.30. The molecular weight excluding hydrogens is 934 g/mol. The monoisotopic (exact) mass is 1010 g/mol. The molecule has 2 atom stereocenters. The van der Waals surface area contributed by atoms with Gasteiger partial charge in [0, 0.05) is 61.6 Å². The van der Waals surface area contributed by atoms with Gasteiger partial charge in [-0.2, -0.15) is 0 Å². The van der Waals surface area contributed by atoms with Crippen LogP contribution in [0, 0.1) is 0 Å². The summed E-state index contributed by atoms with van der Waals surface area (Å²) in [6.45, 7) is 33.2. The third kappa shape index (κ3) is 7.45. The fourth-order valence-corrected chi connectivity index (χ4v) is 14.1. The minimum absolute atomic E-state index is 0.0222. The molecule has 4 nitrogen and oxygen atoms in total. The second-order valence-corrected chi connectivity index (χ2v) is 27.8. The highest BCUT2D eigenvalue weighted by Crippen LogP contribution is 2.62. The normalized spacial score (nSPS) is 19.1. The summed E-state index contributed by atoms with van der Waals surface area (Å²) in [6, 6.07) is 61.3. The van der Waals surface area contributed by atoms with E-state index in [9.17, 15) is 0 Å². The second-order valence-electron chi connectivity index (χ2n) is 27.8. The van der Waals surface area contributed by atoms with E-state index in [0.717, 1.165) is 46.2 Å². The Morgan fingerprint density at radius 2 is 1.04 bits per heavy atom. The van der Waals surface area contributed by atoms with Crippen LogP contribution in [-0.2, 0) is 27.1 Å². The number of furan rings is 1. The molecule has 8 aromatic carbocycles. The third-order valence-electron chi connectivity index (χ3n) is 18.8. The Morgan fingerprint density at radius 3 is 1.75 bits per heavy atom. The van der Waals surface area contributed by atoms with Crippen LogP contribution in [0.15, 0.2) is 162 Å². The van der Waals surface area contributed by atoms with E-state index in [1.165, 1.54) is 102 Å². The molecule has 0 amide bonds. The van der Waals surface area contributed by atoms with Crippen molar-refractivity contribution in [3.8, 4) is 11.1 Å². The van der Waals surface area contributed by atoms with Gasteiger partial charge in [-0.1, -0.05) is 194 Å². The van der Waals surface area contributed by atoms with Gasteiger partial charge in [-0.3, -0.25) is 0 Å². The molecule has 13 rings (SSSR count). The van der Waals surface area contributed by atoms with Gasteiger partial charge in [-0.15, -0.1) is 0 Å². The van der Waals surface area contributed by atoms with E-state index in [1.54, 1.807) is 0 Å². The van der Waals surface area contributed by atoms with Crippen LogP contribution in [0.1, 0.15) is 150 Å². The van der Waals surface area contributed by atoms with Crippen molar-refractivity contribution in [2.75, 3.05) is 14.7 Å². The minimum Gasteiger partial charge on any atom is -0.457 e. The molecule has 1 saturated carbocycles. The predicted molar refractivity (Wildman–Crippen MR) is 331 cm³/mol. The molecular formula is C72H76BN3O. The van der Waals surface area contributed by atoms with Gasteiger partial charge in [0.25, 0.3) is 6.71 Å². The quantitative estimate of drug-likeness (QED) is 0.164. The van der Waals surface area contributed by atoms with E-state index in [4.69, 9.17) is 4.42 Å². The first-order valence-electron chi connectivity index (χ1n) is 28.6. The molecule has 0 saturated heterocycles. The van der Waals surface area contributed by atoms with E-state index in [-0.39, 0.29) is 39.3 Å². The van der Waals surface area contributed by atoms with Crippen LogP contribution in [0.3, 0.4) is 0 Å². The summed E-state index contributed by atoms with van der Waals surface area (Å²) in [5.41, 5.74) is 24.1. The Kier molecular flexibility index (Phi) is 10.8. The van der Waals surface area contributed by atoms with Crippen molar-refractivity contribution < 1.29 is 4.42 Å². The number of hydrogen-bond acceptors (Lipinski definition) is 4. The average Bonchev–Trinajstić information content (AvgIpc) is 4.08. The maximum Gasteiger partial charge on any atom is 0.257 e. The van der Waals surface area contributed by atoms with Crippen LogP contribution >= 0.6 is 0 Å². The van der Waals surface area contributed by atoms with Crippen LogP contribution in [0.2, 0.25) is 0 Å². The van der Waals surface area contributed by atoms with E-state index in [1.807, 2.05) is 0 Å². The zero-order valence-corrected chi connectivity index (χ0v) is 48.2. The molecule has 0 N–H and O–H groups in total. The lowest BCUT2D eigenvalue weighted by molar-refractivity contribution is 0.195. The van der Waals surface area contributed by atoms with Crippen molar-refractivity contribution in [2.24, 2.45) is 0 Å². The van der Waals surface area contributed by atoms with Crippen LogP contribution < -0.4 is 31.1 Å². The number of anilines is 8. The summed E-state index contributed by atoms with van der Waals surface area (Å²) in [5, 5.41) is 2.29. The maximum absolute atomic E-state index is 7.30. The number of nitrogens with zero attached hydrogens (tertiary/aromatic N) is 3. The van der Waals surface area contributed by atoms with E-state index >= 15 is 0 Å². The van der Waals surface area contributed by atoms with Crippen molar-refractivity contribution in [1.29, 1.82) is 0 Å². The highest BCUT2D eigenvalue weighted by atomic mass is 16.3. The zero-order valence-electron chi connectivity index (χ0n) is 48.2. The number of fused-ring (bicyclic) bond motifs is 11. The lowest BCUT2D eigenvalue weighted by atomic mass is 9.33. The molecule has 388 valence electrons. The Bertz CT molecular complexity index is 3870. The van der Waals surface area contributed by atoms with Crippen LogP contribution in [0.25, 0.3) is 33.1 Å². The van der Waals surface area contributed by atoms with Gasteiger partial charge in [0.2, 0.25) is 0 Å². The number of benzene rings is 8. The van der Waals surface area contributed by atoms with E-state index in [2.05, 4.69) is 269 Å². The average molecular weight is 1010 g/mol. The first-order chi connectivity index (χ1) is 36.5. The number of para-hydroxylation sites is 1. The summed E-state index contributed by atoms with van der Waals surface area (Å²) in [4.78, 5) is 8.13. The third-order valence-corrected chi connectivity index (χ3v) is 18.8. The lowest BCUT2D eigenvalue weighted by Gasteiger charge is -2.51. The number of hydrogen-bond donors (Lipinski definition) is 0. The van der Waals surface area contributed by atoms with Crippen LogP contribution in [0.5, 0.6) is 0 Å². The van der Waals surface area contributed by atoms with Gasteiger partial charge in [-0.05, 0) is 158 Å². The molecule has 2 unspecified atom stereocenters.